The minimum atomic E-state index is -0.0908. The molecular formula is C47H48O2S2. The lowest BCUT2D eigenvalue weighted by molar-refractivity contribution is 0.0978. The molecule has 51 heavy (non-hydrogen) atoms. The molecule has 0 aliphatic heterocycles. The Kier molecular flexibility index (Phi) is 10.7. The highest BCUT2D eigenvalue weighted by molar-refractivity contribution is 7.99. The predicted octanol–water partition coefficient (Wildman–Crippen LogP) is 13.6. The third-order valence-corrected chi connectivity index (χ3v) is 12.8. The summed E-state index contributed by atoms with van der Waals surface area (Å²) in [6.45, 7) is 8.91. The Bertz CT molecular complexity index is 2010. The number of carbonyl (C=O) groups excluding carboxylic acids is 2. The maximum absolute atomic E-state index is 13.7. The quantitative estimate of drug-likeness (QED) is 0.133. The van der Waals surface area contributed by atoms with E-state index in [0.717, 1.165) is 25.5 Å². The van der Waals surface area contributed by atoms with Gasteiger partial charge in [-0.05, 0) is 126 Å². The Morgan fingerprint density at radius 3 is 1.51 bits per heavy atom. The molecule has 2 nitrogen and oxygen atoms in total. The van der Waals surface area contributed by atoms with Crippen molar-refractivity contribution in [1.82, 2.24) is 0 Å². The van der Waals surface area contributed by atoms with Gasteiger partial charge >= 0.3 is 0 Å². The van der Waals surface area contributed by atoms with Gasteiger partial charge in [0.25, 0.3) is 0 Å². The van der Waals surface area contributed by atoms with Crippen LogP contribution in [0.5, 0.6) is 0 Å². The first-order valence-corrected chi connectivity index (χ1v) is 20.3. The fourth-order valence-electron chi connectivity index (χ4n) is 7.66. The summed E-state index contributed by atoms with van der Waals surface area (Å²) < 4.78 is 0. The molecule has 2 aliphatic carbocycles. The van der Waals surface area contributed by atoms with Gasteiger partial charge in [-0.2, -0.15) is 0 Å². The van der Waals surface area contributed by atoms with E-state index >= 15 is 0 Å². The van der Waals surface area contributed by atoms with Crippen molar-refractivity contribution in [1.29, 1.82) is 0 Å². The number of hydrogen-bond donors (Lipinski definition) is 0. The Labute approximate surface area is 312 Å². The van der Waals surface area contributed by atoms with Gasteiger partial charge in [-0.15, -0.1) is 0 Å². The van der Waals surface area contributed by atoms with Gasteiger partial charge in [-0.1, -0.05) is 125 Å². The lowest BCUT2D eigenvalue weighted by Crippen LogP contribution is -2.20. The van der Waals surface area contributed by atoms with Crippen LogP contribution in [0.4, 0.5) is 0 Å². The molecule has 5 aromatic rings. The molecule has 0 N–H and O–H groups in total. The summed E-state index contributed by atoms with van der Waals surface area (Å²) >= 11 is 3.22. The standard InChI is InChI=1S/C47H48O2S2/c1-5-6-7-8-31-9-11-32(12-10-31)33-13-15-34(16-14-33)35-17-21-37(22-18-35)50-39-25-27-41-43(29-39)45(48)42-28-26-40(30-44(42)46(41)49)51-38-23-19-36(20-24-38)47(2,3)4/h13-32H,5-12H2,1-4H3. The first kappa shape index (κ1) is 35.5. The van der Waals surface area contributed by atoms with Gasteiger partial charge < -0.3 is 0 Å². The van der Waals surface area contributed by atoms with Crippen molar-refractivity contribution in [2.24, 2.45) is 5.92 Å². The third kappa shape index (κ3) is 8.13. The van der Waals surface area contributed by atoms with Gasteiger partial charge in [0, 0.05) is 41.8 Å². The van der Waals surface area contributed by atoms with Crippen LogP contribution in [-0.4, -0.2) is 11.6 Å². The lowest BCUT2D eigenvalue weighted by Gasteiger charge is -2.29. The zero-order valence-electron chi connectivity index (χ0n) is 30.3. The van der Waals surface area contributed by atoms with Crippen molar-refractivity contribution in [3.63, 3.8) is 0 Å². The van der Waals surface area contributed by atoms with E-state index in [9.17, 15) is 9.59 Å². The molecule has 4 heteroatoms. The van der Waals surface area contributed by atoms with Crippen LogP contribution >= 0.6 is 23.5 Å². The van der Waals surface area contributed by atoms with Crippen LogP contribution in [0.25, 0.3) is 11.1 Å². The van der Waals surface area contributed by atoms with Crippen LogP contribution in [-0.2, 0) is 5.41 Å². The number of fused-ring (bicyclic) bond motifs is 2. The topological polar surface area (TPSA) is 34.1 Å². The first-order valence-electron chi connectivity index (χ1n) is 18.7. The van der Waals surface area contributed by atoms with Crippen molar-refractivity contribution in [3.05, 3.63) is 143 Å². The van der Waals surface area contributed by atoms with E-state index in [1.54, 1.807) is 23.5 Å². The first-order chi connectivity index (χ1) is 24.7. The normalized spacial score (nSPS) is 17.3. The minimum Gasteiger partial charge on any atom is -0.289 e. The smallest absolute Gasteiger partial charge is 0.194 e. The highest BCUT2D eigenvalue weighted by Gasteiger charge is 2.30. The summed E-state index contributed by atoms with van der Waals surface area (Å²) in [7, 11) is 0. The molecular weight excluding hydrogens is 661 g/mol. The van der Waals surface area contributed by atoms with E-state index in [-0.39, 0.29) is 17.0 Å². The summed E-state index contributed by atoms with van der Waals surface area (Å²) in [5, 5.41) is 0. The van der Waals surface area contributed by atoms with Gasteiger partial charge in [0.1, 0.15) is 0 Å². The van der Waals surface area contributed by atoms with Crippen molar-refractivity contribution >= 4 is 35.1 Å². The van der Waals surface area contributed by atoms with E-state index in [4.69, 9.17) is 0 Å². The molecule has 7 rings (SSSR count). The van der Waals surface area contributed by atoms with Crippen LogP contribution in [0.3, 0.4) is 0 Å². The number of hydrogen-bond acceptors (Lipinski definition) is 4. The van der Waals surface area contributed by atoms with Crippen molar-refractivity contribution in [3.8, 4) is 11.1 Å². The largest absolute Gasteiger partial charge is 0.289 e. The van der Waals surface area contributed by atoms with E-state index in [1.165, 1.54) is 73.6 Å². The van der Waals surface area contributed by atoms with Crippen molar-refractivity contribution < 1.29 is 9.59 Å². The maximum Gasteiger partial charge on any atom is 0.194 e. The molecule has 0 aromatic heterocycles. The zero-order valence-corrected chi connectivity index (χ0v) is 32.0. The zero-order chi connectivity index (χ0) is 35.5. The van der Waals surface area contributed by atoms with Crippen LogP contribution in [0.2, 0.25) is 0 Å². The van der Waals surface area contributed by atoms with Gasteiger partial charge in [-0.3, -0.25) is 9.59 Å². The third-order valence-electron chi connectivity index (χ3n) is 10.8. The van der Waals surface area contributed by atoms with Crippen LogP contribution in [0.15, 0.2) is 129 Å². The highest BCUT2D eigenvalue weighted by Crippen LogP contribution is 2.40. The van der Waals surface area contributed by atoms with Crippen LogP contribution in [0, 0.1) is 5.92 Å². The highest BCUT2D eigenvalue weighted by atomic mass is 32.2. The summed E-state index contributed by atoms with van der Waals surface area (Å²) in [4.78, 5) is 31.4. The van der Waals surface area contributed by atoms with Crippen molar-refractivity contribution in [2.75, 3.05) is 0 Å². The monoisotopic (exact) mass is 708 g/mol. The molecule has 0 atom stereocenters. The molecule has 0 spiro atoms. The van der Waals surface area contributed by atoms with E-state index in [0.29, 0.717) is 28.2 Å². The number of rotatable bonds is 10. The summed E-state index contributed by atoms with van der Waals surface area (Å²) in [6, 6.07) is 37.8. The van der Waals surface area contributed by atoms with Gasteiger partial charge in [-0.25, -0.2) is 0 Å². The molecule has 0 radical (unpaired) electrons. The molecule has 0 heterocycles. The van der Waals surface area contributed by atoms with Crippen LogP contribution < -0.4 is 0 Å². The molecule has 260 valence electrons. The molecule has 5 aromatic carbocycles. The molecule has 2 aliphatic rings. The molecule has 0 unspecified atom stereocenters. The average molecular weight is 709 g/mol. The summed E-state index contributed by atoms with van der Waals surface area (Å²) in [5.74, 6) is 1.45. The summed E-state index contributed by atoms with van der Waals surface area (Å²) in [6.07, 6.45) is 10.9. The fourth-order valence-corrected chi connectivity index (χ4v) is 9.38. The van der Waals surface area contributed by atoms with Crippen LogP contribution in [0.1, 0.15) is 128 Å². The minimum absolute atomic E-state index is 0.0906. The number of unbranched alkanes of at least 4 members (excludes halogenated alkanes) is 2. The number of ketones is 2. The number of benzene rings is 5. The van der Waals surface area contributed by atoms with Gasteiger partial charge in [0.15, 0.2) is 11.6 Å². The predicted molar refractivity (Wildman–Crippen MR) is 214 cm³/mol. The second-order valence-electron chi connectivity index (χ2n) is 15.4. The Hall–Kier alpha value is -3.86. The molecule has 0 saturated heterocycles. The molecule has 1 saturated carbocycles. The van der Waals surface area contributed by atoms with E-state index in [1.807, 2.05) is 36.4 Å². The fraction of sp³-hybridized carbons (Fsp3) is 0.319. The SMILES string of the molecule is CCCCCC1CCC(c2ccc(-c3ccc(Sc4ccc5c(c4)C(=O)c4ccc(Sc6ccc(C(C)(C)C)cc6)cc4C5=O)cc3)cc2)CC1. The maximum atomic E-state index is 13.7. The Morgan fingerprint density at radius 2 is 1.02 bits per heavy atom. The molecule has 0 bridgehead atoms. The van der Waals surface area contributed by atoms with Gasteiger partial charge in [0.2, 0.25) is 0 Å². The second-order valence-corrected chi connectivity index (χ2v) is 17.7. The van der Waals surface area contributed by atoms with Crippen molar-refractivity contribution in [2.45, 2.75) is 110 Å². The second kappa shape index (κ2) is 15.4. The molecule has 0 amide bonds. The summed E-state index contributed by atoms with van der Waals surface area (Å²) in [5.41, 5.74) is 7.23. The lowest BCUT2D eigenvalue weighted by atomic mass is 9.77. The van der Waals surface area contributed by atoms with E-state index in [2.05, 4.69) is 100 Å². The number of carbonyl (C=O) groups is 2. The van der Waals surface area contributed by atoms with E-state index < -0.39 is 0 Å². The average Bonchev–Trinajstić information content (AvgIpc) is 3.14. The van der Waals surface area contributed by atoms with Gasteiger partial charge in [0.05, 0.1) is 0 Å². The molecule has 1 fully saturated rings. The Morgan fingerprint density at radius 1 is 0.549 bits per heavy atom. The Balaban J connectivity index is 0.984.